The Hall–Kier alpha value is -3.75. The number of aromatic nitrogens is 2. The van der Waals surface area contributed by atoms with E-state index in [1.165, 1.54) is 12.1 Å². The Morgan fingerprint density at radius 3 is 2.35 bits per heavy atom. The summed E-state index contributed by atoms with van der Waals surface area (Å²) in [5.41, 5.74) is 0.817. The lowest BCUT2D eigenvalue weighted by atomic mass is 9.97. The maximum absolute atomic E-state index is 13.4. The Bertz CT molecular complexity index is 1310. The molecule has 0 aliphatic heterocycles. The largest absolute Gasteiger partial charge is 0.416 e. The summed E-state index contributed by atoms with van der Waals surface area (Å²) < 4.78 is 57.7. The molecule has 0 saturated heterocycles. The van der Waals surface area contributed by atoms with Gasteiger partial charge in [-0.2, -0.15) is 18.2 Å². The fourth-order valence-electron chi connectivity index (χ4n) is 4.13. The molecule has 1 atom stereocenters. The summed E-state index contributed by atoms with van der Waals surface area (Å²) in [7, 11) is 0. The van der Waals surface area contributed by atoms with Crippen LogP contribution in [0.3, 0.4) is 0 Å². The van der Waals surface area contributed by atoms with Crippen LogP contribution in [0.4, 0.5) is 23.2 Å². The third-order valence-corrected chi connectivity index (χ3v) is 6.45. The van der Waals surface area contributed by atoms with Gasteiger partial charge in [-0.25, -0.2) is 4.39 Å². The lowest BCUT2D eigenvalue weighted by Gasteiger charge is -2.27. The van der Waals surface area contributed by atoms with E-state index in [4.69, 9.17) is 4.52 Å². The van der Waals surface area contributed by atoms with Crippen LogP contribution in [0.2, 0.25) is 0 Å². The summed E-state index contributed by atoms with van der Waals surface area (Å²) >= 11 is 0. The molecule has 1 heterocycles. The summed E-state index contributed by atoms with van der Waals surface area (Å²) in [6, 6.07) is 11.9. The number of anilines is 1. The van der Waals surface area contributed by atoms with E-state index in [2.05, 4.69) is 23.3 Å². The first-order chi connectivity index (χ1) is 18.8. The van der Waals surface area contributed by atoms with Crippen molar-refractivity contribution in [1.29, 1.82) is 0 Å². The number of benzene rings is 2. The lowest BCUT2D eigenvalue weighted by Crippen LogP contribution is -2.35. The predicted octanol–water partition coefficient (Wildman–Crippen LogP) is 8.47. The number of amides is 1. The second-order valence-corrected chi connectivity index (χ2v) is 10.8. The number of allylic oxidation sites excluding steroid dienone is 1. The first kappa shape index (κ1) is 30.8. The minimum atomic E-state index is -4.43. The van der Waals surface area contributed by atoms with Gasteiger partial charge >= 0.3 is 6.18 Å². The topological polar surface area (TPSA) is 59.2 Å². The highest BCUT2D eigenvalue weighted by Crippen LogP contribution is 2.32. The van der Waals surface area contributed by atoms with Crippen molar-refractivity contribution in [2.24, 2.45) is 5.92 Å². The van der Waals surface area contributed by atoms with Crippen LogP contribution in [0, 0.1) is 5.92 Å². The van der Waals surface area contributed by atoms with Crippen LogP contribution >= 0.6 is 0 Å². The molecule has 3 rings (SSSR count). The molecule has 0 fully saturated rings. The quantitative estimate of drug-likeness (QED) is 0.166. The van der Waals surface area contributed by atoms with Crippen molar-refractivity contribution in [1.82, 2.24) is 10.1 Å². The number of carbonyl (C=O) groups excluding carboxylic acids is 1. The van der Waals surface area contributed by atoms with Crippen molar-refractivity contribution in [3.05, 3.63) is 90.9 Å². The van der Waals surface area contributed by atoms with Crippen molar-refractivity contribution in [3.8, 4) is 11.1 Å². The number of hydrogen-bond acceptors (Lipinski definition) is 4. The molecule has 0 radical (unpaired) electrons. The van der Waals surface area contributed by atoms with Gasteiger partial charge in [0.15, 0.2) is 5.82 Å². The fraction of sp³-hybridized carbons (Fsp3) is 0.387. The number of rotatable bonds is 12. The molecule has 5 nitrogen and oxygen atoms in total. The SMILES string of the molecule is C=CC(CCCc1noc(C(C)(C)C)n1)CN(C(=O)CCC(=C)F)c1cccc(-c2ccc(C(F)(F)F)cc2)c1. The number of hydrogen-bond donors (Lipinski definition) is 0. The zero-order chi connectivity index (χ0) is 29.5. The molecule has 214 valence electrons. The van der Waals surface area contributed by atoms with Crippen LogP contribution in [0.15, 0.2) is 78.1 Å². The third kappa shape index (κ3) is 8.63. The average molecular weight is 558 g/mol. The maximum atomic E-state index is 13.4. The van der Waals surface area contributed by atoms with Gasteiger partial charge in [0.05, 0.1) is 11.4 Å². The van der Waals surface area contributed by atoms with Crippen LogP contribution in [0.1, 0.15) is 63.7 Å². The fourth-order valence-corrected chi connectivity index (χ4v) is 4.13. The number of nitrogens with zero attached hydrogens (tertiary/aromatic N) is 3. The van der Waals surface area contributed by atoms with E-state index >= 15 is 0 Å². The summed E-state index contributed by atoms with van der Waals surface area (Å²) in [5.74, 6) is 0.236. The molecular formula is C31H35F4N3O2. The second-order valence-electron chi connectivity index (χ2n) is 10.8. The molecule has 1 unspecified atom stereocenters. The number of aryl methyl sites for hydroxylation is 1. The van der Waals surface area contributed by atoms with E-state index in [-0.39, 0.29) is 30.1 Å². The Balaban J connectivity index is 1.77. The average Bonchev–Trinajstić information content (AvgIpc) is 3.38. The summed E-state index contributed by atoms with van der Waals surface area (Å²) in [6.07, 6.45) is -0.783. The molecule has 1 aromatic heterocycles. The lowest BCUT2D eigenvalue weighted by molar-refractivity contribution is -0.137. The second kappa shape index (κ2) is 13.1. The van der Waals surface area contributed by atoms with Gasteiger partial charge in [0.2, 0.25) is 11.8 Å². The predicted molar refractivity (Wildman–Crippen MR) is 148 cm³/mol. The first-order valence-corrected chi connectivity index (χ1v) is 13.1. The Morgan fingerprint density at radius 1 is 1.07 bits per heavy atom. The molecule has 2 aromatic carbocycles. The number of carbonyl (C=O) groups is 1. The van der Waals surface area contributed by atoms with Crippen molar-refractivity contribution in [2.45, 2.75) is 64.5 Å². The molecule has 1 amide bonds. The van der Waals surface area contributed by atoms with Gasteiger partial charge in [-0.15, -0.1) is 6.58 Å². The van der Waals surface area contributed by atoms with Gasteiger partial charge in [-0.3, -0.25) is 4.79 Å². The number of alkyl halides is 3. The molecule has 0 saturated carbocycles. The van der Waals surface area contributed by atoms with Gasteiger partial charge in [0, 0.05) is 36.9 Å². The molecule has 0 bridgehead atoms. The Morgan fingerprint density at radius 2 is 1.77 bits per heavy atom. The highest BCUT2D eigenvalue weighted by atomic mass is 19.4. The minimum absolute atomic E-state index is 0.0673. The zero-order valence-electron chi connectivity index (χ0n) is 23.1. The third-order valence-electron chi connectivity index (χ3n) is 6.45. The highest BCUT2D eigenvalue weighted by molar-refractivity contribution is 5.94. The summed E-state index contributed by atoms with van der Waals surface area (Å²) in [6.45, 7) is 13.5. The van der Waals surface area contributed by atoms with Crippen molar-refractivity contribution < 1.29 is 26.9 Å². The first-order valence-electron chi connectivity index (χ1n) is 13.1. The van der Waals surface area contributed by atoms with Crippen LogP contribution in [-0.2, 0) is 22.8 Å². The number of halogens is 4. The molecule has 0 spiro atoms. The van der Waals surface area contributed by atoms with Crippen LogP contribution < -0.4 is 4.90 Å². The standard InChI is InChI=1S/C31H35F4N3O2/c1-6-22(9-7-12-27-36-29(40-37-27)30(3,4)5)20-38(28(39)18-13-21(2)32)26-11-8-10-24(19-26)23-14-16-25(17-15-23)31(33,34)35/h6,8,10-11,14-17,19,22H,1-2,7,9,12-13,18,20H2,3-5H3. The zero-order valence-corrected chi connectivity index (χ0v) is 23.1. The Kier molecular flexibility index (Phi) is 10.1. The summed E-state index contributed by atoms with van der Waals surface area (Å²) in [4.78, 5) is 19.3. The van der Waals surface area contributed by atoms with E-state index in [0.717, 1.165) is 18.6 Å². The van der Waals surface area contributed by atoms with Crippen LogP contribution in [-0.4, -0.2) is 22.6 Å². The van der Waals surface area contributed by atoms with Crippen LogP contribution in [0.5, 0.6) is 0 Å². The van der Waals surface area contributed by atoms with E-state index in [1.54, 1.807) is 35.2 Å². The Labute approximate surface area is 232 Å². The molecule has 0 aliphatic carbocycles. The van der Waals surface area contributed by atoms with Gasteiger partial charge in [0.1, 0.15) is 0 Å². The normalized spacial score (nSPS) is 12.7. The van der Waals surface area contributed by atoms with Gasteiger partial charge in [-0.1, -0.05) is 62.8 Å². The van der Waals surface area contributed by atoms with Gasteiger partial charge in [0.25, 0.3) is 0 Å². The molecule has 0 N–H and O–H groups in total. The van der Waals surface area contributed by atoms with Crippen molar-refractivity contribution in [2.75, 3.05) is 11.4 Å². The van der Waals surface area contributed by atoms with Gasteiger partial charge < -0.3 is 9.42 Å². The molecular weight excluding hydrogens is 522 g/mol. The van der Waals surface area contributed by atoms with Crippen LogP contribution in [0.25, 0.3) is 11.1 Å². The molecule has 9 heteroatoms. The smallest absolute Gasteiger partial charge is 0.339 e. The maximum Gasteiger partial charge on any atom is 0.416 e. The van der Waals surface area contributed by atoms with E-state index in [0.29, 0.717) is 47.9 Å². The highest BCUT2D eigenvalue weighted by Gasteiger charge is 2.30. The molecule has 3 aromatic rings. The van der Waals surface area contributed by atoms with Crippen molar-refractivity contribution >= 4 is 11.6 Å². The van der Waals surface area contributed by atoms with Gasteiger partial charge in [-0.05, 0) is 54.2 Å². The minimum Gasteiger partial charge on any atom is -0.339 e. The molecule has 40 heavy (non-hydrogen) atoms. The summed E-state index contributed by atoms with van der Waals surface area (Å²) in [5, 5.41) is 4.06. The van der Waals surface area contributed by atoms with E-state index < -0.39 is 17.6 Å². The van der Waals surface area contributed by atoms with E-state index in [9.17, 15) is 22.4 Å². The van der Waals surface area contributed by atoms with Crippen molar-refractivity contribution in [3.63, 3.8) is 0 Å². The van der Waals surface area contributed by atoms with E-state index in [1.807, 2.05) is 20.8 Å². The molecule has 0 aliphatic rings. The monoisotopic (exact) mass is 557 g/mol.